The van der Waals surface area contributed by atoms with Gasteiger partial charge in [0, 0.05) is 6.42 Å². The van der Waals surface area contributed by atoms with Crippen LogP contribution in [0.1, 0.15) is 6.42 Å². The Morgan fingerprint density at radius 1 is 1.17 bits per heavy atom. The molecule has 0 aromatic rings. The molecule has 9 atom stereocenters. The lowest BCUT2D eigenvalue weighted by Crippen LogP contribution is -2.56. The highest BCUT2D eigenvalue weighted by atomic mass is 16.6. The molecule has 1 saturated carbocycles. The minimum atomic E-state index is -2.05. The number of hydrogen-bond acceptors (Lipinski definition) is 11. The van der Waals surface area contributed by atoms with Gasteiger partial charge in [-0.1, -0.05) is 0 Å². The van der Waals surface area contributed by atoms with Gasteiger partial charge in [0.1, 0.15) is 36.1 Å². The van der Waals surface area contributed by atoms with Crippen molar-refractivity contribution >= 4 is 6.02 Å². The van der Waals surface area contributed by atoms with Gasteiger partial charge >= 0.3 is 0 Å². The minimum absolute atomic E-state index is 0.0368. The summed E-state index contributed by atoms with van der Waals surface area (Å²) in [7, 11) is 0. The number of nitrogens with one attached hydrogen (secondary N) is 1. The summed E-state index contributed by atoms with van der Waals surface area (Å²) in [6.45, 7) is -1.27. The van der Waals surface area contributed by atoms with Crippen molar-refractivity contribution in [2.75, 3.05) is 13.2 Å². The first-order valence-electron chi connectivity index (χ1n) is 7.64. The molecule has 0 spiro atoms. The fourth-order valence-electron chi connectivity index (χ4n) is 3.29. The predicted molar refractivity (Wildman–Crippen MR) is 75.7 cm³/mol. The van der Waals surface area contributed by atoms with Crippen LogP contribution in [0.2, 0.25) is 0 Å². The summed E-state index contributed by atoms with van der Waals surface area (Å²) in [6.07, 6.45) is -8.24. The third-order valence-corrected chi connectivity index (χ3v) is 4.78. The van der Waals surface area contributed by atoms with Crippen LogP contribution in [0.15, 0.2) is 4.99 Å². The van der Waals surface area contributed by atoms with E-state index in [9.17, 15) is 30.6 Å². The summed E-state index contributed by atoms with van der Waals surface area (Å²) >= 11 is 0. The Balaban J connectivity index is 1.71. The van der Waals surface area contributed by atoms with Gasteiger partial charge in [0.25, 0.3) is 6.02 Å². The van der Waals surface area contributed by atoms with Crippen LogP contribution in [-0.4, -0.2) is 109 Å². The average Bonchev–Trinajstić information content (AvgIpc) is 3.05. The Morgan fingerprint density at radius 3 is 2.50 bits per heavy atom. The van der Waals surface area contributed by atoms with Crippen molar-refractivity contribution in [3.63, 3.8) is 0 Å². The van der Waals surface area contributed by atoms with Crippen LogP contribution in [0.25, 0.3) is 0 Å². The maximum Gasteiger partial charge on any atom is 0.287 e. The molecule has 1 aliphatic carbocycles. The van der Waals surface area contributed by atoms with E-state index in [1.165, 1.54) is 0 Å². The van der Waals surface area contributed by atoms with Crippen molar-refractivity contribution < 1.29 is 45.2 Å². The van der Waals surface area contributed by atoms with Gasteiger partial charge in [-0.15, -0.1) is 0 Å². The Kier molecular flexibility index (Phi) is 4.70. The van der Waals surface area contributed by atoms with Crippen molar-refractivity contribution in [3.8, 4) is 0 Å². The van der Waals surface area contributed by atoms with Crippen LogP contribution in [0.4, 0.5) is 0 Å². The van der Waals surface area contributed by atoms with Crippen LogP contribution in [0.3, 0.4) is 0 Å². The van der Waals surface area contributed by atoms with Crippen molar-refractivity contribution in [1.82, 2.24) is 5.32 Å². The zero-order chi connectivity index (χ0) is 17.6. The molecule has 1 saturated heterocycles. The van der Waals surface area contributed by atoms with Gasteiger partial charge in [0.2, 0.25) is 0 Å². The molecule has 8 N–H and O–H groups in total. The second kappa shape index (κ2) is 6.35. The van der Waals surface area contributed by atoms with Crippen LogP contribution in [0.5, 0.6) is 0 Å². The van der Waals surface area contributed by atoms with Gasteiger partial charge in [-0.3, -0.25) is 0 Å². The number of rotatable bonds is 3. The fourth-order valence-corrected chi connectivity index (χ4v) is 3.29. The molecule has 24 heavy (non-hydrogen) atoms. The standard InChI is InChI=1S/C13H22N2O9/c16-2-6-4(18)1-5(19)11(23-6)15-12-14-9-8(24-12)7(20)10(21)13(9,22)3-17/h4-11,16-22H,1-3H2,(H,14,15)/t4-,5+,6+,7+,8+,9+,10-,11-,13-/m0/s1. The molecule has 3 rings (SSSR count). The maximum absolute atomic E-state index is 10.3. The van der Waals surface area contributed by atoms with Gasteiger partial charge in [0.15, 0.2) is 12.3 Å². The normalized spacial score (nSPS) is 51.0. The number of nitrogens with zero attached hydrogens (tertiary/aromatic N) is 1. The van der Waals surface area contributed by atoms with E-state index in [1.807, 2.05) is 0 Å². The molecule has 0 amide bonds. The zero-order valence-electron chi connectivity index (χ0n) is 12.6. The molecule has 11 heteroatoms. The third-order valence-electron chi connectivity index (χ3n) is 4.78. The molecular weight excluding hydrogens is 328 g/mol. The molecular formula is C13H22N2O9. The first-order chi connectivity index (χ1) is 11.3. The Labute approximate surface area is 136 Å². The summed E-state index contributed by atoms with van der Waals surface area (Å²) in [5.74, 6) is 0. The van der Waals surface area contributed by atoms with Crippen LogP contribution in [0, 0.1) is 0 Å². The van der Waals surface area contributed by atoms with Gasteiger partial charge < -0.3 is 50.5 Å². The maximum atomic E-state index is 10.3. The number of ether oxygens (including phenoxy) is 2. The van der Waals surface area contributed by atoms with E-state index in [-0.39, 0.29) is 12.4 Å². The van der Waals surface area contributed by atoms with E-state index < -0.39 is 67.7 Å². The molecule has 0 unspecified atom stereocenters. The van der Waals surface area contributed by atoms with E-state index in [4.69, 9.17) is 14.6 Å². The summed E-state index contributed by atoms with van der Waals surface area (Å²) in [6, 6.07) is -1.25. The fraction of sp³-hybridized carbons (Fsp3) is 0.923. The van der Waals surface area contributed by atoms with Gasteiger partial charge in [-0.05, 0) is 0 Å². The highest BCUT2D eigenvalue weighted by molar-refractivity contribution is 5.76. The van der Waals surface area contributed by atoms with E-state index >= 15 is 0 Å². The number of hydrogen-bond donors (Lipinski definition) is 8. The number of amidine groups is 1. The topological polar surface area (TPSA) is 184 Å². The van der Waals surface area contributed by atoms with Crippen LogP contribution < -0.4 is 5.32 Å². The zero-order valence-corrected chi connectivity index (χ0v) is 12.6. The Morgan fingerprint density at radius 2 is 1.88 bits per heavy atom. The molecule has 0 aromatic heterocycles. The number of aliphatic imine (C=N–C) groups is 1. The second-order valence-electron chi connectivity index (χ2n) is 6.34. The lowest BCUT2D eigenvalue weighted by molar-refractivity contribution is -0.184. The monoisotopic (exact) mass is 350 g/mol. The highest BCUT2D eigenvalue weighted by Gasteiger charge is 2.63. The largest absolute Gasteiger partial charge is 0.457 e. The molecule has 2 aliphatic heterocycles. The van der Waals surface area contributed by atoms with E-state index in [0.29, 0.717) is 0 Å². The van der Waals surface area contributed by atoms with Crippen LogP contribution in [-0.2, 0) is 9.47 Å². The smallest absolute Gasteiger partial charge is 0.287 e. The molecule has 0 bridgehead atoms. The van der Waals surface area contributed by atoms with Crippen molar-refractivity contribution in [3.05, 3.63) is 0 Å². The van der Waals surface area contributed by atoms with Gasteiger partial charge in [-0.2, -0.15) is 0 Å². The molecule has 138 valence electrons. The first kappa shape index (κ1) is 17.8. The van der Waals surface area contributed by atoms with Gasteiger partial charge in [-0.25, -0.2) is 4.99 Å². The Bertz CT molecular complexity index is 506. The molecule has 0 radical (unpaired) electrons. The quantitative estimate of drug-likeness (QED) is 0.245. The summed E-state index contributed by atoms with van der Waals surface area (Å²) in [5, 5.41) is 70.7. The molecule has 11 nitrogen and oxygen atoms in total. The van der Waals surface area contributed by atoms with Crippen molar-refractivity contribution in [1.29, 1.82) is 0 Å². The van der Waals surface area contributed by atoms with Crippen LogP contribution >= 0.6 is 0 Å². The van der Waals surface area contributed by atoms with Gasteiger partial charge in [0.05, 0.1) is 19.3 Å². The SMILES string of the molecule is OC[C@H]1O[C@H](NC2=N[C@@H]3[C@H](O2)[C@@H](O)[C@H](O)[C@]3(O)CO)[C@H](O)C[C@@H]1O. The van der Waals surface area contributed by atoms with E-state index in [1.54, 1.807) is 0 Å². The van der Waals surface area contributed by atoms with E-state index in [2.05, 4.69) is 10.3 Å². The summed E-state index contributed by atoms with van der Waals surface area (Å²) in [4.78, 5) is 4.01. The Hall–Kier alpha value is -1.05. The molecule has 2 fully saturated rings. The summed E-state index contributed by atoms with van der Waals surface area (Å²) < 4.78 is 10.7. The number of aliphatic hydroxyl groups is 7. The first-order valence-corrected chi connectivity index (χ1v) is 7.64. The summed E-state index contributed by atoms with van der Waals surface area (Å²) in [5.41, 5.74) is -2.05. The number of aliphatic hydroxyl groups excluding tert-OH is 6. The van der Waals surface area contributed by atoms with E-state index in [0.717, 1.165) is 0 Å². The lowest BCUT2D eigenvalue weighted by atomic mass is 9.97. The molecule has 2 heterocycles. The number of fused-ring (bicyclic) bond motifs is 1. The predicted octanol–water partition coefficient (Wildman–Crippen LogP) is -5.01. The van der Waals surface area contributed by atoms with Crippen molar-refractivity contribution in [2.24, 2.45) is 4.99 Å². The molecule has 0 aromatic carbocycles. The second-order valence-corrected chi connectivity index (χ2v) is 6.34. The van der Waals surface area contributed by atoms with Crippen molar-refractivity contribution in [2.45, 2.75) is 60.9 Å². The third kappa shape index (κ3) is 2.66. The lowest BCUT2D eigenvalue weighted by Gasteiger charge is -2.36. The average molecular weight is 350 g/mol. The minimum Gasteiger partial charge on any atom is -0.457 e. The highest BCUT2D eigenvalue weighted by Crippen LogP contribution is 2.38. The molecule has 3 aliphatic rings.